The van der Waals surface area contributed by atoms with Gasteiger partial charge in [-0.2, -0.15) is 10.5 Å². The van der Waals surface area contributed by atoms with Crippen molar-refractivity contribution in [3.63, 3.8) is 0 Å². The molecule has 1 heterocycles. The van der Waals surface area contributed by atoms with Crippen molar-refractivity contribution in [1.82, 2.24) is 0 Å². The lowest BCUT2D eigenvalue weighted by molar-refractivity contribution is -0.130. The molecule has 0 bridgehead atoms. The minimum Gasteiger partial charge on any atom is -0.476 e. The zero-order chi connectivity index (χ0) is 59.6. The van der Waals surface area contributed by atoms with Crippen molar-refractivity contribution in [2.45, 2.75) is 46.1 Å². The van der Waals surface area contributed by atoms with E-state index in [1.807, 2.05) is 97.8 Å². The van der Waals surface area contributed by atoms with E-state index >= 15 is 0 Å². The average Bonchev–Trinajstić information content (AvgIpc) is 2.90. The lowest BCUT2D eigenvalue weighted by Gasteiger charge is -2.34. The van der Waals surface area contributed by atoms with E-state index in [1.54, 1.807) is 6.92 Å². The van der Waals surface area contributed by atoms with E-state index in [4.69, 9.17) is 33.2 Å². The molecule has 2 aliphatic rings. The SMILES string of the molecule is C=CC(=O)Oc1cc(OC(=O)C=C)cc(C(=O)OCCSC2=C(/C=C/c3ccc(N(C)CCOC(=O)c4cc(OC(=O)C=C)cc(OC(=O)C=C)c4)cc3)CC(C)(C)C/C2=C\C=C\C2=C(C#N)C(=C(/C)C#N)/OC2(C)c2ccccc2)c1. The number of rotatable bonds is 23. The van der Waals surface area contributed by atoms with E-state index in [1.165, 1.54) is 48.2 Å². The van der Waals surface area contributed by atoms with Crippen LogP contribution in [0.15, 0.2) is 204 Å². The molecule has 0 fully saturated rings. The summed E-state index contributed by atoms with van der Waals surface area (Å²) in [5.41, 5.74) is 4.28. The number of carbonyl (C=O) groups is 6. The molecule has 1 unspecified atom stereocenters. The first-order valence-electron chi connectivity index (χ1n) is 25.5. The van der Waals surface area contributed by atoms with Crippen LogP contribution in [0.5, 0.6) is 23.0 Å². The molecule has 4 aromatic carbocycles. The van der Waals surface area contributed by atoms with Crippen LogP contribution < -0.4 is 23.8 Å². The van der Waals surface area contributed by atoms with Gasteiger partial charge in [-0.25, -0.2) is 28.8 Å². The van der Waals surface area contributed by atoms with Gasteiger partial charge < -0.3 is 38.1 Å². The Kier molecular flexibility index (Phi) is 21.1. The first-order valence-corrected chi connectivity index (χ1v) is 26.5. The van der Waals surface area contributed by atoms with Crippen LogP contribution in [0.2, 0.25) is 0 Å². The second kappa shape index (κ2) is 28.3. The summed E-state index contributed by atoms with van der Waals surface area (Å²) >= 11 is 1.50. The van der Waals surface area contributed by atoms with Crippen LogP contribution in [0.1, 0.15) is 72.4 Å². The van der Waals surface area contributed by atoms with Crippen LogP contribution in [0, 0.1) is 28.1 Å². The Balaban J connectivity index is 1.26. The Bertz CT molecular complexity index is 3410. The van der Waals surface area contributed by atoms with Gasteiger partial charge in [-0.3, -0.25) is 0 Å². The number of thioether (sulfide) groups is 1. The lowest BCUT2D eigenvalue weighted by atomic mass is 9.74. The van der Waals surface area contributed by atoms with Gasteiger partial charge in [0.15, 0.2) is 11.4 Å². The number of anilines is 1. The van der Waals surface area contributed by atoms with Crippen LogP contribution in [0.4, 0.5) is 5.69 Å². The second-order valence-corrected chi connectivity index (χ2v) is 20.3. The highest BCUT2D eigenvalue weighted by atomic mass is 32.2. The van der Waals surface area contributed by atoms with Gasteiger partial charge in [0, 0.05) is 65.4 Å². The van der Waals surface area contributed by atoms with Crippen molar-refractivity contribution in [1.29, 1.82) is 10.5 Å². The standard InChI is InChI=1S/C65H59N3O13S/c1-10-56(69)77-50-32-46(33-51(36-50)78-57(70)11-2)62(73)75-29-28-68(9)49-26-23-43(24-27-49)22-25-45-39-64(6,7)38-44(18-17-21-55-54(41-67)60(42(5)40-66)81-65(55,8)48-19-15-14-16-20-48)61(45)82-31-30-76-63(74)47-34-52(79-58(71)12-3)37-53(35-47)80-59(72)13-4/h10-27,32-37H,1-4,28-31,38-39H2,5-9H3/b21-17+,25-22+,44-18+,60-42+. The van der Waals surface area contributed by atoms with Crippen LogP contribution in [-0.2, 0) is 39.0 Å². The Morgan fingerprint density at radius 1 is 0.683 bits per heavy atom. The molecule has 0 spiro atoms. The van der Waals surface area contributed by atoms with Crippen LogP contribution in [0.25, 0.3) is 6.08 Å². The molecule has 0 aromatic heterocycles. The Morgan fingerprint density at radius 2 is 1.20 bits per heavy atom. The fourth-order valence-electron chi connectivity index (χ4n) is 8.62. The molecule has 16 nitrogen and oxygen atoms in total. The maximum Gasteiger partial charge on any atom is 0.338 e. The smallest absolute Gasteiger partial charge is 0.338 e. The van der Waals surface area contributed by atoms with Crippen molar-refractivity contribution in [3.8, 4) is 35.1 Å². The number of likely N-dealkylation sites (N-methyl/N-ethyl adjacent to an activating group) is 1. The maximum absolute atomic E-state index is 13.5. The fourth-order valence-corrected chi connectivity index (χ4v) is 9.64. The number of esters is 6. The van der Waals surface area contributed by atoms with Crippen molar-refractivity contribution in [2.75, 3.05) is 37.5 Å². The van der Waals surface area contributed by atoms with Crippen molar-refractivity contribution in [2.24, 2.45) is 5.41 Å². The van der Waals surface area contributed by atoms with E-state index in [9.17, 15) is 39.3 Å². The number of nitrogens with zero attached hydrogens (tertiary/aromatic N) is 3. The molecule has 1 aliphatic carbocycles. The third-order valence-electron chi connectivity index (χ3n) is 12.5. The summed E-state index contributed by atoms with van der Waals surface area (Å²) in [5, 5.41) is 20.4. The van der Waals surface area contributed by atoms with Gasteiger partial charge in [0.2, 0.25) is 0 Å². The molecule has 1 atom stereocenters. The third-order valence-corrected chi connectivity index (χ3v) is 13.7. The minimum atomic E-state index is -1.08. The molecule has 4 aromatic rings. The Hall–Kier alpha value is -9.97. The number of benzene rings is 4. The monoisotopic (exact) mass is 1120 g/mol. The van der Waals surface area contributed by atoms with Crippen LogP contribution in [-0.4, -0.2) is 68.4 Å². The van der Waals surface area contributed by atoms with E-state index in [2.05, 4.69) is 58.4 Å². The molecule has 17 heteroatoms. The highest BCUT2D eigenvalue weighted by Crippen LogP contribution is 2.49. The predicted molar refractivity (Wildman–Crippen MR) is 311 cm³/mol. The number of ether oxygens (including phenoxy) is 7. The largest absolute Gasteiger partial charge is 0.476 e. The van der Waals surface area contributed by atoms with Gasteiger partial charge in [0.25, 0.3) is 0 Å². The summed E-state index contributed by atoms with van der Waals surface area (Å²) in [4.78, 5) is 77.4. The number of allylic oxidation sites excluding steroid dienone is 7. The van der Waals surface area contributed by atoms with E-state index in [-0.39, 0.29) is 69.7 Å². The lowest BCUT2D eigenvalue weighted by Crippen LogP contribution is -2.24. The van der Waals surface area contributed by atoms with Gasteiger partial charge in [0.05, 0.1) is 29.3 Å². The van der Waals surface area contributed by atoms with Gasteiger partial charge >= 0.3 is 35.8 Å². The summed E-state index contributed by atoms with van der Waals surface area (Å²) in [6, 6.07) is 29.4. The van der Waals surface area contributed by atoms with Crippen molar-refractivity contribution >= 4 is 59.3 Å². The molecular weight excluding hydrogens is 1060 g/mol. The summed E-state index contributed by atoms with van der Waals surface area (Å²) in [6.45, 7) is 21.6. The molecule has 6 rings (SSSR count). The average molecular weight is 1120 g/mol. The van der Waals surface area contributed by atoms with E-state index < -0.39 is 41.4 Å². The molecular formula is C65H59N3O13S. The summed E-state index contributed by atoms with van der Waals surface area (Å²) in [5.74, 6) is -4.37. The molecule has 82 heavy (non-hydrogen) atoms. The zero-order valence-corrected chi connectivity index (χ0v) is 46.8. The van der Waals surface area contributed by atoms with Gasteiger partial charge in [-0.15, -0.1) is 11.8 Å². The Labute approximate surface area is 480 Å². The Morgan fingerprint density at radius 3 is 1.68 bits per heavy atom. The number of hydrogen-bond acceptors (Lipinski definition) is 17. The quantitative estimate of drug-likeness (QED) is 0.0222. The minimum absolute atomic E-state index is 0.0183. The first-order chi connectivity index (χ1) is 39.2. The van der Waals surface area contributed by atoms with E-state index in [0.29, 0.717) is 30.7 Å². The van der Waals surface area contributed by atoms with Gasteiger partial charge in [0.1, 0.15) is 47.9 Å². The molecule has 0 amide bonds. The molecule has 0 saturated carbocycles. The van der Waals surface area contributed by atoms with Crippen LogP contribution >= 0.6 is 11.8 Å². The topological polar surface area (TPSA) is 218 Å². The molecule has 418 valence electrons. The molecule has 0 N–H and O–H groups in total. The highest BCUT2D eigenvalue weighted by Gasteiger charge is 2.43. The number of nitriles is 2. The first kappa shape index (κ1) is 61.2. The third kappa shape index (κ3) is 16.3. The summed E-state index contributed by atoms with van der Waals surface area (Å²) in [7, 11) is 1.84. The molecule has 0 saturated heterocycles. The van der Waals surface area contributed by atoms with Gasteiger partial charge in [-0.1, -0.05) is 113 Å². The maximum atomic E-state index is 13.5. The van der Waals surface area contributed by atoms with Crippen molar-refractivity contribution in [3.05, 3.63) is 227 Å². The number of hydrogen-bond donors (Lipinski definition) is 0. The summed E-state index contributed by atoms with van der Waals surface area (Å²) in [6.07, 6.45) is 15.0. The molecule has 1 aliphatic heterocycles. The highest BCUT2D eigenvalue weighted by molar-refractivity contribution is 8.03. The molecule has 0 radical (unpaired) electrons. The number of carbonyl (C=O) groups excluding carboxylic acids is 6. The zero-order valence-electron chi connectivity index (χ0n) is 46.0. The fraction of sp³-hybridized carbons (Fsp3) is 0.200. The van der Waals surface area contributed by atoms with Crippen molar-refractivity contribution < 1.29 is 61.9 Å². The predicted octanol–water partition coefficient (Wildman–Crippen LogP) is 12.1. The normalized spacial score (nSPS) is 16.5. The second-order valence-electron chi connectivity index (χ2n) is 19.2. The van der Waals surface area contributed by atoms with Crippen LogP contribution in [0.3, 0.4) is 0 Å². The van der Waals surface area contributed by atoms with E-state index in [0.717, 1.165) is 57.2 Å². The van der Waals surface area contributed by atoms with Gasteiger partial charge in [-0.05, 0) is 90.8 Å². The summed E-state index contributed by atoms with van der Waals surface area (Å²) < 4.78 is 38.5.